The number of hydrogen-bond acceptors (Lipinski definition) is 3. The fourth-order valence-corrected chi connectivity index (χ4v) is 7.19. The van der Waals surface area contributed by atoms with Gasteiger partial charge in [0.15, 0.2) is 0 Å². The lowest BCUT2D eigenvalue weighted by Crippen LogP contribution is -2.54. The van der Waals surface area contributed by atoms with Crippen molar-refractivity contribution in [2.45, 2.75) is 70.5 Å². The second-order valence-corrected chi connectivity index (χ2v) is 9.09. The molecule has 3 heteroatoms. The number of hydrogen-bond donors (Lipinski definition) is 2. The van der Waals surface area contributed by atoms with Crippen LogP contribution in [-0.2, 0) is 0 Å². The van der Waals surface area contributed by atoms with Gasteiger partial charge >= 0.3 is 0 Å². The van der Waals surface area contributed by atoms with Gasteiger partial charge in [-0.25, -0.2) is 0 Å². The van der Waals surface area contributed by atoms with E-state index in [9.17, 15) is 10.2 Å². The molecule has 23 heavy (non-hydrogen) atoms. The second kappa shape index (κ2) is 4.70. The lowest BCUT2D eigenvalue weighted by atomic mass is 9.46. The molecule has 7 atom stereocenters. The first-order chi connectivity index (χ1) is 11.1. The molecule has 0 amide bonds. The Morgan fingerprint density at radius 3 is 2.65 bits per heavy atom. The topological polar surface area (TPSA) is 52.8 Å². The van der Waals surface area contributed by atoms with Crippen molar-refractivity contribution < 1.29 is 10.2 Å². The molecule has 0 unspecified atom stereocenters. The van der Waals surface area contributed by atoms with Crippen LogP contribution in [0.1, 0.15) is 58.3 Å². The van der Waals surface area contributed by atoms with E-state index < -0.39 is 0 Å². The van der Waals surface area contributed by atoms with Crippen LogP contribution in [0, 0.1) is 28.6 Å². The number of aliphatic hydroxyl groups excluding tert-OH is 2. The molecule has 4 aliphatic carbocycles. The van der Waals surface area contributed by atoms with Gasteiger partial charge in [0, 0.05) is 11.1 Å². The van der Waals surface area contributed by atoms with Crippen LogP contribution in [-0.4, -0.2) is 34.7 Å². The third-order valence-electron chi connectivity index (χ3n) is 8.40. The molecular formula is C20H29NO2. The van der Waals surface area contributed by atoms with Crippen LogP contribution in [0.15, 0.2) is 16.6 Å². The molecule has 0 aromatic rings. The Bertz CT molecular complexity index is 596. The number of aliphatic hydroxyl groups is 2. The quantitative estimate of drug-likeness (QED) is 0.731. The minimum Gasteiger partial charge on any atom is -0.393 e. The first kappa shape index (κ1) is 14.7. The fraction of sp³-hybridized carbons (Fsp3) is 0.850. The van der Waals surface area contributed by atoms with Gasteiger partial charge in [-0.2, -0.15) is 0 Å². The zero-order chi connectivity index (χ0) is 15.8. The van der Waals surface area contributed by atoms with Gasteiger partial charge in [0.1, 0.15) is 0 Å². The van der Waals surface area contributed by atoms with E-state index in [1.54, 1.807) is 0 Å². The van der Waals surface area contributed by atoms with E-state index in [4.69, 9.17) is 0 Å². The molecule has 3 nitrogen and oxygen atoms in total. The summed E-state index contributed by atoms with van der Waals surface area (Å²) < 4.78 is 0. The standard InChI is InChI=1S/C20H29NO2/c1-19-8-7-16-14(15(19)4-5-18(19)23)3-2-12-10-13(22)6-9-20(12,16)17-11-21-17/h10,13-16,18,22-23H,2-9,11H2,1H3/t13-,14+,15+,16+,18+,19+,20-/m1/s1. The molecule has 0 bridgehead atoms. The van der Waals surface area contributed by atoms with E-state index in [1.165, 1.54) is 37.0 Å². The van der Waals surface area contributed by atoms with Gasteiger partial charge in [-0.3, -0.25) is 4.99 Å². The van der Waals surface area contributed by atoms with Crippen LogP contribution in [0.25, 0.3) is 0 Å². The summed E-state index contributed by atoms with van der Waals surface area (Å²) in [5, 5.41) is 20.7. The van der Waals surface area contributed by atoms with E-state index >= 15 is 0 Å². The molecule has 0 aromatic heterocycles. The highest BCUT2D eigenvalue weighted by atomic mass is 16.3. The molecule has 1 heterocycles. The Morgan fingerprint density at radius 2 is 1.87 bits per heavy atom. The Morgan fingerprint density at radius 1 is 1.04 bits per heavy atom. The van der Waals surface area contributed by atoms with Crippen molar-refractivity contribution in [3.05, 3.63) is 11.6 Å². The molecular weight excluding hydrogens is 286 g/mol. The fourth-order valence-electron chi connectivity index (χ4n) is 7.19. The summed E-state index contributed by atoms with van der Waals surface area (Å²) >= 11 is 0. The van der Waals surface area contributed by atoms with Crippen molar-refractivity contribution in [1.82, 2.24) is 0 Å². The van der Waals surface area contributed by atoms with Gasteiger partial charge in [-0.1, -0.05) is 18.6 Å². The number of allylic oxidation sites excluding steroid dienone is 1. The summed E-state index contributed by atoms with van der Waals surface area (Å²) in [6, 6.07) is 0. The van der Waals surface area contributed by atoms with E-state index in [2.05, 4.69) is 18.0 Å². The van der Waals surface area contributed by atoms with Crippen LogP contribution in [0.4, 0.5) is 0 Å². The Hall–Kier alpha value is -0.670. The van der Waals surface area contributed by atoms with E-state index in [0.717, 1.165) is 38.1 Å². The number of aliphatic imine (C=N–C) groups is 1. The van der Waals surface area contributed by atoms with Crippen molar-refractivity contribution in [3.63, 3.8) is 0 Å². The highest BCUT2D eigenvalue weighted by molar-refractivity contribution is 6.04. The molecule has 2 N–H and O–H groups in total. The summed E-state index contributed by atoms with van der Waals surface area (Å²) in [4.78, 5) is 4.68. The highest BCUT2D eigenvalue weighted by Crippen LogP contribution is 2.66. The Labute approximate surface area is 138 Å². The molecule has 0 radical (unpaired) electrons. The average molecular weight is 315 g/mol. The van der Waals surface area contributed by atoms with Gasteiger partial charge in [0.2, 0.25) is 0 Å². The first-order valence-corrected chi connectivity index (χ1v) is 9.67. The molecule has 5 aliphatic rings. The summed E-state index contributed by atoms with van der Waals surface area (Å²) in [6.45, 7) is 3.31. The average Bonchev–Trinajstić information content (AvgIpc) is 3.34. The molecule has 0 aromatic carbocycles. The molecule has 5 rings (SSSR count). The second-order valence-electron chi connectivity index (χ2n) is 9.09. The zero-order valence-electron chi connectivity index (χ0n) is 14.2. The van der Waals surface area contributed by atoms with Crippen molar-refractivity contribution in [3.8, 4) is 0 Å². The van der Waals surface area contributed by atoms with Crippen LogP contribution in [0.5, 0.6) is 0 Å². The Kier molecular flexibility index (Phi) is 2.99. The van der Waals surface area contributed by atoms with Gasteiger partial charge in [-0.05, 0) is 74.5 Å². The molecule has 3 saturated carbocycles. The van der Waals surface area contributed by atoms with Gasteiger partial charge < -0.3 is 10.2 Å². The normalized spacial score (nSPS) is 54.5. The number of nitrogens with zero attached hydrogens (tertiary/aromatic N) is 1. The minimum absolute atomic E-state index is 0.0900. The maximum absolute atomic E-state index is 10.6. The van der Waals surface area contributed by atoms with E-state index in [0.29, 0.717) is 11.8 Å². The Balaban J connectivity index is 1.56. The zero-order valence-corrected chi connectivity index (χ0v) is 14.2. The predicted octanol–water partition coefficient (Wildman–Crippen LogP) is 3.11. The summed E-state index contributed by atoms with van der Waals surface area (Å²) in [5.74, 6) is 2.15. The molecule has 1 aliphatic heterocycles. The van der Waals surface area contributed by atoms with Crippen LogP contribution in [0.2, 0.25) is 0 Å². The molecule has 0 saturated heterocycles. The van der Waals surface area contributed by atoms with Crippen molar-refractivity contribution in [2.24, 2.45) is 33.6 Å². The molecule has 3 fully saturated rings. The summed E-state index contributed by atoms with van der Waals surface area (Å²) in [7, 11) is 0. The summed E-state index contributed by atoms with van der Waals surface area (Å²) in [5.41, 5.74) is 3.29. The smallest absolute Gasteiger partial charge is 0.0777 e. The third kappa shape index (κ3) is 1.81. The summed E-state index contributed by atoms with van der Waals surface area (Å²) in [6.07, 6.45) is 10.9. The first-order valence-electron chi connectivity index (χ1n) is 9.67. The number of rotatable bonds is 1. The SMILES string of the molecule is C[C@]12CC[C@H]3[C@@H](CCC4=C[C@H](O)CC[C@@]43C3=NC3)[C@@H]1CC[C@@H]2O. The maximum Gasteiger partial charge on any atom is 0.0777 e. The molecule has 0 spiro atoms. The van der Waals surface area contributed by atoms with Gasteiger partial charge in [-0.15, -0.1) is 0 Å². The van der Waals surface area contributed by atoms with Crippen molar-refractivity contribution in [1.29, 1.82) is 0 Å². The van der Waals surface area contributed by atoms with Crippen LogP contribution >= 0.6 is 0 Å². The van der Waals surface area contributed by atoms with E-state index in [-0.39, 0.29) is 23.0 Å². The maximum atomic E-state index is 10.6. The van der Waals surface area contributed by atoms with Crippen molar-refractivity contribution in [2.75, 3.05) is 6.54 Å². The largest absolute Gasteiger partial charge is 0.393 e. The molecule has 126 valence electrons. The van der Waals surface area contributed by atoms with Gasteiger partial charge in [0.05, 0.1) is 18.8 Å². The van der Waals surface area contributed by atoms with E-state index in [1.807, 2.05) is 0 Å². The van der Waals surface area contributed by atoms with Crippen LogP contribution in [0.3, 0.4) is 0 Å². The van der Waals surface area contributed by atoms with Gasteiger partial charge in [0.25, 0.3) is 0 Å². The van der Waals surface area contributed by atoms with Crippen LogP contribution < -0.4 is 0 Å². The van der Waals surface area contributed by atoms with Crippen molar-refractivity contribution >= 4 is 5.71 Å². The lowest BCUT2D eigenvalue weighted by molar-refractivity contribution is -0.0647. The number of fused-ring (bicyclic) bond motifs is 5. The highest BCUT2D eigenvalue weighted by Gasteiger charge is 2.62. The third-order valence-corrected chi connectivity index (χ3v) is 8.40. The predicted molar refractivity (Wildman–Crippen MR) is 90.3 cm³/mol. The monoisotopic (exact) mass is 315 g/mol. The lowest BCUT2D eigenvalue weighted by Gasteiger charge is -2.58. The minimum atomic E-state index is -0.240.